The third-order valence-corrected chi connectivity index (χ3v) is 8.70. The maximum absolute atomic E-state index is 13.6. The van der Waals surface area contributed by atoms with Crippen molar-refractivity contribution in [2.24, 2.45) is 5.10 Å². The third kappa shape index (κ3) is 6.76. The molecule has 1 N–H and O–H groups in total. The normalized spacial score (nSPS) is 13.7. The van der Waals surface area contributed by atoms with Crippen LogP contribution in [0.2, 0.25) is 5.02 Å². The zero-order chi connectivity index (χ0) is 26.4. The molecule has 0 spiro atoms. The molecule has 1 heterocycles. The number of sulfonamides is 1. The predicted molar refractivity (Wildman–Crippen MR) is 148 cm³/mol. The van der Waals surface area contributed by atoms with E-state index in [1.165, 1.54) is 31.5 Å². The molecule has 1 fully saturated rings. The van der Waals surface area contributed by atoms with Crippen molar-refractivity contribution < 1.29 is 22.7 Å². The summed E-state index contributed by atoms with van der Waals surface area (Å²) in [5.41, 5.74) is 4.17. The summed E-state index contributed by atoms with van der Waals surface area (Å²) in [5, 5.41) is 4.30. The molecule has 194 valence electrons. The van der Waals surface area contributed by atoms with Crippen LogP contribution in [0, 0.1) is 6.92 Å². The van der Waals surface area contributed by atoms with Crippen molar-refractivity contribution in [3.8, 4) is 11.5 Å². The second kappa shape index (κ2) is 11.9. The highest BCUT2D eigenvalue weighted by Crippen LogP contribution is 2.34. The summed E-state index contributed by atoms with van der Waals surface area (Å²) in [6.07, 6.45) is 1.68. The molecule has 3 aromatic carbocycles. The average Bonchev–Trinajstić information content (AvgIpc) is 2.85. The molecule has 0 aliphatic carbocycles. The number of hydrogen-bond donors (Lipinski definition) is 1. The number of amides is 1. The lowest BCUT2D eigenvalue weighted by Crippen LogP contribution is -2.39. The minimum Gasteiger partial charge on any atom is -0.495 e. The van der Waals surface area contributed by atoms with Crippen molar-refractivity contribution in [1.29, 1.82) is 0 Å². The number of rotatable bonds is 10. The number of nitrogens with zero attached hydrogens (tertiary/aromatic N) is 2. The fraction of sp³-hybridized carbons (Fsp3) is 0.231. The van der Waals surface area contributed by atoms with Crippen LogP contribution in [0.3, 0.4) is 0 Å². The largest absolute Gasteiger partial charge is 0.495 e. The number of carbonyl (C=O) groups is 1. The van der Waals surface area contributed by atoms with Gasteiger partial charge in [-0.15, -0.1) is 0 Å². The van der Waals surface area contributed by atoms with Gasteiger partial charge in [0.1, 0.15) is 24.1 Å². The van der Waals surface area contributed by atoms with E-state index < -0.39 is 22.5 Å². The second-order valence-electron chi connectivity index (χ2n) is 8.28. The molecule has 37 heavy (non-hydrogen) atoms. The van der Waals surface area contributed by atoms with Crippen molar-refractivity contribution in [3.63, 3.8) is 0 Å². The lowest BCUT2D eigenvalue weighted by Gasteiger charge is -2.26. The number of aryl methyl sites for hydroxylation is 1. The van der Waals surface area contributed by atoms with E-state index in [4.69, 9.17) is 21.1 Å². The molecule has 1 amide bonds. The summed E-state index contributed by atoms with van der Waals surface area (Å²) in [4.78, 5) is 12.9. The molecule has 1 saturated heterocycles. The van der Waals surface area contributed by atoms with Crippen LogP contribution >= 0.6 is 23.4 Å². The zero-order valence-electron chi connectivity index (χ0n) is 20.3. The van der Waals surface area contributed by atoms with Gasteiger partial charge in [0, 0.05) is 16.5 Å². The molecule has 8 nitrogen and oxygen atoms in total. The second-order valence-corrected chi connectivity index (χ2v) is 11.7. The van der Waals surface area contributed by atoms with Gasteiger partial charge in [-0.3, -0.25) is 9.10 Å². The summed E-state index contributed by atoms with van der Waals surface area (Å²) in [6.45, 7) is 1.31. The van der Waals surface area contributed by atoms with Gasteiger partial charge in [-0.25, -0.2) is 13.8 Å². The van der Waals surface area contributed by atoms with Gasteiger partial charge in [0.15, 0.2) is 0 Å². The van der Waals surface area contributed by atoms with Crippen LogP contribution in [0.4, 0.5) is 5.69 Å². The van der Waals surface area contributed by atoms with Gasteiger partial charge in [0.25, 0.3) is 15.9 Å². The predicted octanol–water partition coefficient (Wildman–Crippen LogP) is 4.50. The summed E-state index contributed by atoms with van der Waals surface area (Å²) < 4.78 is 39.4. The first-order chi connectivity index (χ1) is 17.8. The maximum Gasteiger partial charge on any atom is 0.264 e. The van der Waals surface area contributed by atoms with Gasteiger partial charge < -0.3 is 9.47 Å². The summed E-state index contributed by atoms with van der Waals surface area (Å²) in [7, 11) is -2.73. The highest BCUT2D eigenvalue weighted by molar-refractivity contribution is 8.00. The Balaban J connectivity index is 1.54. The van der Waals surface area contributed by atoms with E-state index in [9.17, 15) is 13.2 Å². The Labute approximate surface area is 225 Å². The first-order valence-electron chi connectivity index (χ1n) is 11.4. The number of hydrogen-bond acceptors (Lipinski definition) is 7. The van der Waals surface area contributed by atoms with E-state index in [-0.39, 0.29) is 22.4 Å². The third-order valence-electron chi connectivity index (χ3n) is 5.48. The van der Waals surface area contributed by atoms with E-state index in [0.29, 0.717) is 5.02 Å². The molecular formula is C26H26ClN3O5S2. The van der Waals surface area contributed by atoms with Crippen LogP contribution in [0.1, 0.15) is 11.1 Å². The van der Waals surface area contributed by atoms with Crippen molar-refractivity contribution in [2.45, 2.75) is 17.9 Å². The molecule has 4 rings (SSSR count). The number of anilines is 1. The van der Waals surface area contributed by atoms with Gasteiger partial charge in [0.05, 0.1) is 23.9 Å². The van der Waals surface area contributed by atoms with Crippen molar-refractivity contribution in [3.05, 3.63) is 82.9 Å². The fourth-order valence-corrected chi connectivity index (χ4v) is 5.64. The molecule has 0 bridgehead atoms. The quantitative estimate of drug-likeness (QED) is 0.290. The molecule has 0 aromatic heterocycles. The van der Waals surface area contributed by atoms with Crippen molar-refractivity contribution >= 4 is 51.2 Å². The molecular weight excluding hydrogens is 534 g/mol. The van der Waals surface area contributed by atoms with Crippen molar-refractivity contribution in [1.82, 2.24) is 5.43 Å². The Hall–Kier alpha value is -3.21. The molecule has 0 radical (unpaired) electrons. The highest BCUT2D eigenvalue weighted by atomic mass is 35.5. The molecule has 11 heteroatoms. The first-order valence-corrected chi connectivity index (χ1v) is 14.3. The number of benzene rings is 3. The minimum atomic E-state index is -4.14. The molecule has 0 atom stereocenters. The van der Waals surface area contributed by atoms with Gasteiger partial charge in [-0.1, -0.05) is 41.4 Å². The summed E-state index contributed by atoms with van der Waals surface area (Å²) in [5.74, 6) is 2.26. The molecule has 3 aromatic rings. The topological polar surface area (TPSA) is 97.3 Å². The van der Waals surface area contributed by atoms with Crippen LogP contribution in [-0.4, -0.2) is 51.8 Å². The van der Waals surface area contributed by atoms with Gasteiger partial charge in [-0.2, -0.15) is 16.9 Å². The van der Waals surface area contributed by atoms with Gasteiger partial charge in [-0.05, 0) is 55.0 Å². The molecule has 0 saturated carbocycles. The van der Waals surface area contributed by atoms with E-state index in [1.54, 1.807) is 24.3 Å². The van der Waals surface area contributed by atoms with Crippen molar-refractivity contribution in [2.75, 3.05) is 29.5 Å². The average molecular weight is 560 g/mol. The fourth-order valence-electron chi connectivity index (χ4n) is 3.48. The SMILES string of the molecule is COc1ccc(Cl)cc1N(CC(=O)N/N=C/c1cccc(OC2CSC2)c1)S(=O)(=O)c1ccc(C)cc1. The lowest BCUT2D eigenvalue weighted by atomic mass is 10.2. The number of ether oxygens (including phenoxy) is 2. The molecule has 1 aliphatic rings. The Kier molecular flexibility index (Phi) is 8.63. The van der Waals surface area contributed by atoms with Crippen LogP contribution in [-0.2, 0) is 14.8 Å². The molecule has 0 unspecified atom stereocenters. The summed E-state index contributed by atoms with van der Waals surface area (Å²) in [6, 6.07) is 18.3. The van der Waals surface area contributed by atoms with E-state index in [1.807, 2.05) is 43.0 Å². The Morgan fingerprint density at radius 3 is 2.59 bits per heavy atom. The standard InChI is InChI=1S/C26H26ClN3O5S2/c1-18-6-9-23(10-7-18)37(32,33)30(24-13-20(27)8-11-25(24)34-2)15-26(31)29-28-14-19-4-3-5-21(12-19)35-22-16-36-17-22/h3-14,22H,15-17H2,1-2H3,(H,29,31)/b28-14+. The van der Waals surface area contributed by atoms with Gasteiger partial charge in [0.2, 0.25) is 0 Å². The monoisotopic (exact) mass is 559 g/mol. The number of methoxy groups -OCH3 is 1. The Morgan fingerprint density at radius 2 is 1.92 bits per heavy atom. The van der Waals surface area contributed by atoms with Crippen LogP contribution in [0.25, 0.3) is 0 Å². The number of nitrogens with one attached hydrogen (secondary N) is 1. The minimum absolute atomic E-state index is 0.0260. The van der Waals surface area contributed by atoms with Crippen LogP contribution in [0.15, 0.2) is 76.7 Å². The number of hydrazone groups is 1. The Bertz CT molecular complexity index is 1390. The maximum atomic E-state index is 13.6. The lowest BCUT2D eigenvalue weighted by molar-refractivity contribution is -0.119. The van der Waals surface area contributed by atoms with E-state index in [0.717, 1.165) is 32.7 Å². The number of thioether (sulfide) groups is 1. The van der Waals surface area contributed by atoms with E-state index in [2.05, 4.69) is 10.5 Å². The Morgan fingerprint density at radius 1 is 1.16 bits per heavy atom. The molecule has 1 aliphatic heterocycles. The smallest absolute Gasteiger partial charge is 0.264 e. The first kappa shape index (κ1) is 26.8. The van der Waals surface area contributed by atoms with Crippen LogP contribution < -0.4 is 19.2 Å². The number of carbonyl (C=O) groups excluding carboxylic acids is 1. The highest BCUT2D eigenvalue weighted by Gasteiger charge is 2.29. The van der Waals surface area contributed by atoms with E-state index >= 15 is 0 Å². The zero-order valence-corrected chi connectivity index (χ0v) is 22.6. The summed E-state index contributed by atoms with van der Waals surface area (Å²) >= 11 is 8.00. The van der Waals surface area contributed by atoms with Crippen LogP contribution in [0.5, 0.6) is 11.5 Å². The number of halogens is 1. The van der Waals surface area contributed by atoms with Gasteiger partial charge >= 0.3 is 0 Å².